The summed E-state index contributed by atoms with van der Waals surface area (Å²) in [4.78, 5) is 5.17. The molecule has 1 rings (SSSR count). The SMILES string of the molecule is CON(C)N1CCSCCC1C. The Balaban J connectivity index is 2.46. The molecule has 0 bridgehead atoms. The van der Waals surface area contributed by atoms with Crippen molar-refractivity contribution < 1.29 is 4.84 Å². The summed E-state index contributed by atoms with van der Waals surface area (Å²) in [6, 6.07) is 0.602. The number of hydrazine groups is 1. The van der Waals surface area contributed by atoms with E-state index >= 15 is 0 Å². The summed E-state index contributed by atoms with van der Waals surface area (Å²) in [5.74, 6) is 2.48. The highest BCUT2D eigenvalue weighted by atomic mass is 32.2. The topological polar surface area (TPSA) is 15.7 Å². The van der Waals surface area contributed by atoms with Crippen LogP contribution >= 0.6 is 11.8 Å². The van der Waals surface area contributed by atoms with E-state index in [1.54, 1.807) is 7.11 Å². The molecule has 0 spiro atoms. The Morgan fingerprint density at radius 1 is 1.50 bits per heavy atom. The van der Waals surface area contributed by atoms with Crippen molar-refractivity contribution in [1.29, 1.82) is 0 Å². The van der Waals surface area contributed by atoms with E-state index in [4.69, 9.17) is 4.84 Å². The molecule has 0 aromatic carbocycles. The Hall–Kier alpha value is 0.230. The monoisotopic (exact) mass is 190 g/mol. The zero-order valence-corrected chi connectivity index (χ0v) is 8.93. The van der Waals surface area contributed by atoms with Gasteiger partial charge in [0.25, 0.3) is 0 Å². The average molecular weight is 190 g/mol. The molecule has 1 saturated heterocycles. The van der Waals surface area contributed by atoms with Gasteiger partial charge in [-0.25, -0.2) is 5.01 Å². The second-order valence-corrected chi connectivity index (χ2v) is 4.28. The summed E-state index contributed by atoms with van der Waals surface area (Å²) in [6.45, 7) is 3.34. The van der Waals surface area contributed by atoms with Crippen molar-refractivity contribution in [2.45, 2.75) is 19.4 Å². The number of thioether (sulfide) groups is 1. The van der Waals surface area contributed by atoms with Crippen LogP contribution in [-0.2, 0) is 4.84 Å². The minimum atomic E-state index is 0.602. The summed E-state index contributed by atoms with van der Waals surface area (Å²) in [7, 11) is 3.68. The van der Waals surface area contributed by atoms with E-state index in [-0.39, 0.29) is 0 Å². The quantitative estimate of drug-likeness (QED) is 0.608. The molecule has 12 heavy (non-hydrogen) atoms. The van der Waals surface area contributed by atoms with E-state index < -0.39 is 0 Å². The zero-order chi connectivity index (χ0) is 8.97. The first-order chi connectivity index (χ1) is 5.75. The lowest BCUT2D eigenvalue weighted by atomic mass is 10.2. The van der Waals surface area contributed by atoms with Crippen LogP contribution in [0.3, 0.4) is 0 Å². The van der Waals surface area contributed by atoms with Crippen LogP contribution in [0.25, 0.3) is 0 Å². The van der Waals surface area contributed by atoms with Crippen LogP contribution < -0.4 is 0 Å². The van der Waals surface area contributed by atoms with Crippen LogP contribution in [0.5, 0.6) is 0 Å². The van der Waals surface area contributed by atoms with E-state index in [9.17, 15) is 0 Å². The van der Waals surface area contributed by atoms with E-state index in [2.05, 4.69) is 11.9 Å². The van der Waals surface area contributed by atoms with Gasteiger partial charge in [0.2, 0.25) is 0 Å². The van der Waals surface area contributed by atoms with E-state index in [0.717, 1.165) is 6.54 Å². The first-order valence-corrected chi connectivity index (χ1v) is 5.53. The van der Waals surface area contributed by atoms with Crippen molar-refractivity contribution in [2.75, 3.05) is 32.2 Å². The van der Waals surface area contributed by atoms with Crippen LogP contribution in [0.2, 0.25) is 0 Å². The molecule has 0 aromatic heterocycles. The van der Waals surface area contributed by atoms with Gasteiger partial charge >= 0.3 is 0 Å². The molecule has 1 unspecified atom stereocenters. The fraction of sp³-hybridized carbons (Fsp3) is 1.00. The molecule has 0 aromatic rings. The van der Waals surface area contributed by atoms with Crippen LogP contribution in [0, 0.1) is 0 Å². The van der Waals surface area contributed by atoms with Gasteiger partial charge in [0, 0.05) is 25.4 Å². The van der Waals surface area contributed by atoms with Crippen LogP contribution in [0.4, 0.5) is 0 Å². The smallest absolute Gasteiger partial charge is 0.0591 e. The fourth-order valence-corrected chi connectivity index (χ4v) is 2.43. The molecule has 4 heteroatoms. The minimum absolute atomic E-state index is 0.602. The predicted molar refractivity (Wildman–Crippen MR) is 52.9 cm³/mol. The summed E-state index contributed by atoms with van der Waals surface area (Å²) in [6.07, 6.45) is 1.25. The Kier molecular flexibility index (Phi) is 4.35. The standard InChI is InChI=1S/C8H18N2OS/c1-8-4-6-12-7-5-10(8)9(2)11-3/h8H,4-7H2,1-3H3. The molecule has 0 radical (unpaired) electrons. The van der Waals surface area contributed by atoms with Crippen LogP contribution in [0.15, 0.2) is 0 Å². The maximum absolute atomic E-state index is 5.17. The highest BCUT2D eigenvalue weighted by Crippen LogP contribution is 2.16. The Labute approximate surface area is 79.0 Å². The van der Waals surface area contributed by atoms with E-state index in [1.165, 1.54) is 17.9 Å². The van der Waals surface area contributed by atoms with Crippen molar-refractivity contribution in [2.24, 2.45) is 0 Å². The summed E-state index contributed by atoms with van der Waals surface area (Å²) in [5, 5.41) is 4.12. The van der Waals surface area contributed by atoms with Gasteiger partial charge in [-0.3, -0.25) is 4.84 Å². The third kappa shape index (κ3) is 2.62. The van der Waals surface area contributed by atoms with Crippen molar-refractivity contribution in [3.8, 4) is 0 Å². The van der Waals surface area contributed by atoms with Crippen molar-refractivity contribution in [3.05, 3.63) is 0 Å². The molecule has 0 saturated carbocycles. The second kappa shape index (κ2) is 5.07. The molecular weight excluding hydrogens is 172 g/mol. The molecule has 0 N–H and O–H groups in total. The van der Waals surface area contributed by atoms with Gasteiger partial charge in [-0.15, -0.1) is 5.17 Å². The second-order valence-electron chi connectivity index (χ2n) is 3.06. The van der Waals surface area contributed by atoms with Crippen molar-refractivity contribution in [3.63, 3.8) is 0 Å². The van der Waals surface area contributed by atoms with Crippen LogP contribution in [0.1, 0.15) is 13.3 Å². The molecule has 0 amide bonds. The average Bonchev–Trinajstić information content (AvgIpc) is 2.28. The number of hydroxylamine groups is 1. The molecule has 0 aliphatic carbocycles. The van der Waals surface area contributed by atoms with Crippen molar-refractivity contribution in [1.82, 2.24) is 10.2 Å². The van der Waals surface area contributed by atoms with Gasteiger partial charge in [0.05, 0.1) is 7.11 Å². The lowest BCUT2D eigenvalue weighted by Crippen LogP contribution is -2.45. The fourth-order valence-electron chi connectivity index (χ4n) is 1.41. The summed E-state index contributed by atoms with van der Waals surface area (Å²) >= 11 is 2.03. The Morgan fingerprint density at radius 3 is 2.92 bits per heavy atom. The van der Waals surface area contributed by atoms with Gasteiger partial charge in [0.1, 0.15) is 0 Å². The van der Waals surface area contributed by atoms with Crippen molar-refractivity contribution >= 4 is 11.8 Å². The number of hydrogen-bond donors (Lipinski definition) is 0. The third-order valence-electron chi connectivity index (χ3n) is 2.28. The Bertz CT molecular complexity index is 134. The normalized spacial score (nSPS) is 27.5. The summed E-state index contributed by atoms with van der Waals surface area (Å²) in [5.41, 5.74) is 0. The third-order valence-corrected chi connectivity index (χ3v) is 3.28. The molecule has 1 fully saturated rings. The number of rotatable bonds is 2. The molecule has 1 heterocycles. The van der Waals surface area contributed by atoms with Gasteiger partial charge < -0.3 is 0 Å². The molecule has 1 atom stereocenters. The molecule has 1 aliphatic rings. The number of nitrogens with zero attached hydrogens (tertiary/aromatic N) is 2. The van der Waals surface area contributed by atoms with Gasteiger partial charge in [0.15, 0.2) is 0 Å². The summed E-state index contributed by atoms with van der Waals surface area (Å²) < 4.78 is 0. The minimum Gasteiger partial charge on any atom is -0.288 e. The number of hydrogen-bond acceptors (Lipinski definition) is 4. The zero-order valence-electron chi connectivity index (χ0n) is 8.12. The van der Waals surface area contributed by atoms with E-state index in [1.807, 2.05) is 24.0 Å². The highest BCUT2D eigenvalue weighted by Gasteiger charge is 2.20. The lowest BCUT2D eigenvalue weighted by molar-refractivity contribution is -0.260. The lowest BCUT2D eigenvalue weighted by Gasteiger charge is -2.33. The van der Waals surface area contributed by atoms with E-state index in [0.29, 0.717) is 6.04 Å². The van der Waals surface area contributed by atoms with Crippen LogP contribution in [-0.4, -0.2) is 48.4 Å². The first kappa shape index (κ1) is 10.3. The van der Waals surface area contributed by atoms with Gasteiger partial charge in [-0.2, -0.15) is 11.8 Å². The molecular formula is C8H18N2OS. The molecule has 72 valence electrons. The maximum atomic E-state index is 5.17. The predicted octanol–water partition coefficient (Wildman–Crippen LogP) is 1.22. The van der Waals surface area contributed by atoms with Gasteiger partial charge in [-0.05, 0) is 19.1 Å². The first-order valence-electron chi connectivity index (χ1n) is 4.38. The Morgan fingerprint density at radius 2 is 2.25 bits per heavy atom. The highest BCUT2D eigenvalue weighted by molar-refractivity contribution is 7.99. The largest absolute Gasteiger partial charge is 0.288 e. The molecule has 3 nitrogen and oxygen atoms in total. The molecule has 1 aliphatic heterocycles. The maximum Gasteiger partial charge on any atom is 0.0591 e. The van der Waals surface area contributed by atoms with Gasteiger partial charge in [-0.1, -0.05) is 0 Å².